The zero-order valence-electron chi connectivity index (χ0n) is 25.5. The Bertz CT molecular complexity index is 2000. The van der Waals surface area contributed by atoms with E-state index in [1.807, 2.05) is 13.0 Å². The maximum atomic E-state index is 13.9. The van der Waals surface area contributed by atoms with Crippen molar-refractivity contribution in [3.63, 3.8) is 0 Å². The number of methoxy groups -OCH3 is 1. The fraction of sp³-hybridized carbons (Fsp3) is 0.353. The molecule has 0 fully saturated rings. The van der Waals surface area contributed by atoms with Gasteiger partial charge in [-0.1, -0.05) is 0 Å². The molecule has 2 atom stereocenters. The second-order valence-electron chi connectivity index (χ2n) is 12.1. The molecular formula is C34H34ClInN4O3. The van der Waals surface area contributed by atoms with Crippen LogP contribution in [0.5, 0.6) is 0 Å². The monoisotopic (exact) mass is 696 g/mol. The molecule has 0 saturated carbocycles. The van der Waals surface area contributed by atoms with Gasteiger partial charge in [0.2, 0.25) is 0 Å². The fourth-order valence-corrected chi connectivity index (χ4v) is 16.7. The molecule has 4 aliphatic heterocycles. The van der Waals surface area contributed by atoms with Crippen LogP contribution in [-0.4, -0.2) is 56.2 Å². The zero-order valence-corrected chi connectivity index (χ0v) is 29.5. The van der Waals surface area contributed by atoms with E-state index >= 15 is 0 Å². The zero-order chi connectivity index (χ0) is 30.5. The van der Waals surface area contributed by atoms with Gasteiger partial charge in [-0.05, 0) is 0 Å². The van der Waals surface area contributed by atoms with Crippen LogP contribution in [0.15, 0.2) is 39.1 Å². The molecule has 0 amide bonds. The summed E-state index contributed by atoms with van der Waals surface area (Å²) in [6, 6.07) is 0. The number of fused-ring (bicyclic) bond motifs is 2. The first-order valence-corrected chi connectivity index (χ1v) is 22.1. The molecule has 1 aliphatic carbocycles. The molecule has 0 spiro atoms. The molecule has 6 bridgehead atoms. The number of carbonyl (C=O) groups excluding carboxylic acids is 2. The van der Waals surface area contributed by atoms with Gasteiger partial charge in [-0.3, -0.25) is 0 Å². The molecule has 6 heterocycles. The van der Waals surface area contributed by atoms with Crippen molar-refractivity contribution < 1.29 is 14.3 Å². The Balaban J connectivity index is 1.67. The van der Waals surface area contributed by atoms with Crippen LogP contribution in [0.4, 0.5) is 0 Å². The Morgan fingerprint density at radius 2 is 1.93 bits per heavy atom. The Morgan fingerprint density at radius 3 is 2.63 bits per heavy atom. The van der Waals surface area contributed by atoms with Gasteiger partial charge < -0.3 is 0 Å². The second-order valence-corrected chi connectivity index (χ2v) is 19.4. The first-order valence-electron chi connectivity index (χ1n) is 15.0. The molecule has 0 saturated heterocycles. The van der Waals surface area contributed by atoms with E-state index in [1.54, 1.807) is 0 Å². The molecular weight excluding hydrogens is 663 g/mol. The average molecular weight is 697 g/mol. The summed E-state index contributed by atoms with van der Waals surface area (Å²) in [6.07, 6.45) is 10.5. The van der Waals surface area contributed by atoms with Crippen LogP contribution < -0.4 is 10.7 Å². The van der Waals surface area contributed by atoms with E-state index in [4.69, 9.17) is 23.3 Å². The molecule has 9 heteroatoms. The van der Waals surface area contributed by atoms with Gasteiger partial charge in [0.15, 0.2) is 0 Å². The van der Waals surface area contributed by atoms with Crippen LogP contribution in [-0.2, 0) is 9.53 Å². The van der Waals surface area contributed by atoms with E-state index < -0.39 is 20.8 Å². The van der Waals surface area contributed by atoms with E-state index in [1.165, 1.54) is 18.3 Å². The van der Waals surface area contributed by atoms with Gasteiger partial charge >= 0.3 is 265 Å². The number of ether oxygens (including phenoxy) is 1. The molecule has 218 valence electrons. The third kappa shape index (κ3) is 3.94. The summed E-state index contributed by atoms with van der Waals surface area (Å²) >= 11 is -3.56. The predicted octanol–water partition coefficient (Wildman–Crippen LogP) is 5.24. The van der Waals surface area contributed by atoms with E-state index in [-0.39, 0.29) is 23.6 Å². The fourth-order valence-electron chi connectivity index (χ4n) is 7.72. The summed E-state index contributed by atoms with van der Waals surface area (Å²) in [7, 11) is 9.30. The van der Waals surface area contributed by atoms with Crippen LogP contribution in [0.3, 0.4) is 0 Å². The van der Waals surface area contributed by atoms with E-state index in [0.717, 1.165) is 79.2 Å². The summed E-state index contributed by atoms with van der Waals surface area (Å²) < 4.78 is 9.69. The number of allylic oxidation sites excluding steroid dienone is 4. The third-order valence-electron chi connectivity index (χ3n) is 10.1. The molecule has 0 aromatic carbocycles. The van der Waals surface area contributed by atoms with E-state index in [9.17, 15) is 9.59 Å². The van der Waals surface area contributed by atoms with Crippen molar-refractivity contribution in [1.82, 2.24) is 5.11 Å². The van der Waals surface area contributed by atoms with E-state index in [0.29, 0.717) is 19.3 Å². The Labute approximate surface area is 263 Å². The quantitative estimate of drug-likeness (QED) is 0.402. The molecule has 43 heavy (non-hydrogen) atoms. The molecule has 2 aromatic heterocycles. The summed E-state index contributed by atoms with van der Waals surface area (Å²) in [5, 5.41) is 2.05. The topological polar surface area (TPSA) is 77.9 Å². The van der Waals surface area contributed by atoms with Crippen molar-refractivity contribution >= 4 is 82.5 Å². The Hall–Kier alpha value is -3.10. The van der Waals surface area contributed by atoms with Crippen molar-refractivity contribution in [3.05, 3.63) is 73.5 Å². The Kier molecular flexibility index (Phi) is 6.82. The minimum atomic E-state index is -3.56. The number of esters is 1. The van der Waals surface area contributed by atoms with Gasteiger partial charge in [0.25, 0.3) is 0 Å². The number of hydrogen-bond acceptors (Lipinski definition) is 5. The van der Waals surface area contributed by atoms with E-state index in [2.05, 4.69) is 57.6 Å². The molecule has 2 unspecified atom stereocenters. The van der Waals surface area contributed by atoms with Gasteiger partial charge in [0, 0.05) is 0 Å². The molecule has 5 aliphatic rings. The maximum absolute atomic E-state index is 13.9. The number of rotatable bonds is 5. The average Bonchev–Trinajstić information content (AvgIpc) is 3.72. The Morgan fingerprint density at radius 1 is 1.16 bits per heavy atom. The molecule has 0 N–H and O–H groups in total. The number of ketones is 1. The van der Waals surface area contributed by atoms with Gasteiger partial charge in [-0.25, -0.2) is 0 Å². The molecule has 7 rings (SSSR count). The molecule has 0 radical (unpaired) electrons. The summed E-state index contributed by atoms with van der Waals surface area (Å²) in [6.45, 7) is 14.9. The SMILES string of the molecule is C=Cc1c(C)c2[n]3c1=CC1=NC(=Cc4c(C)c5c([n]4[In]3[Cl])C(=C3N=C(C=2)C(C)C3CCC(=O)OC)CC5=O)C(CC)=C1C. The number of hydrogen-bond donors (Lipinski definition) is 0. The van der Waals surface area contributed by atoms with Crippen LogP contribution in [0.1, 0.15) is 84.9 Å². The molecule has 7 nitrogen and oxygen atoms in total. The van der Waals surface area contributed by atoms with Crippen molar-refractivity contribution in [3.8, 4) is 0 Å². The van der Waals surface area contributed by atoms with Gasteiger partial charge in [-0.2, -0.15) is 0 Å². The molecule has 2 aromatic rings. The number of aliphatic imine (C=N–C) groups is 2. The predicted molar refractivity (Wildman–Crippen MR) is 175 cm³/mol. The normalized spacial score (nSPS) is 21.4. The summed E-state index contributed by atoms with van der Waals surface area (Å²) in [5.74, 6) is -0.105. The number of halogens is 1. The van der Waals surface area contributed by atoms with Crippen LogP contribution in [0.2, 0.25) is 0 Å². The van der Waals surface area contributed by atoms with Crippen molar-refractivity contribution in [2.75, 3.05) is 7.11 Å². The summed E-state index contributed by atoms with van der Waals surface area (Å²) in [4.78, 5) is 36.6. The van der Waals surface area contributed by atoms with Crippen LogP contribution in [0.25, 0.3) is 29.9 Å². The number of Topliss-reactive ketones (excluding diaryl/α,β-unsaturated/α-hetero) is 1. The number of carbonyl (C=O) groups is 2. The van der Waals surface area contributed by atoms with Crippen molar-refractivity contribution in [1.29, 1.82) is 0 Å². The van der Waals surface area contributed by atoms with Gasteiger partial charge in [0.1, 0.15) is 0 Å². The number of nitrogens with zero attached hydrogens (tertiary/aromatic N) is 4. The van der Waals surface area contributed by atoms with Gasteiger partial charge in [0.05, 0.1) is 0 Å². The first-order chi connectivity index (χ1) is 20.6. The number of aromatic nitrogens is 2. The van der Waals surface area contributed by atoms with Crippen molar-refractivity contribution in [2.24, 2.45) is 21.8 Å². The second kappa shape index (κ2) is 10.2. The first kappa shape index (κ1) is 28.7. The minimum absolute atomic E-state index is 0.0187. The third-order valence-corrected chi connectivity index (χ3v) is 18.2. The standard InChI is InChI=1S/C34H35N4O3.ClH.In/c1-8-20-16(3)24-13-26-18(5)22(10-11-31(40)41-7)33(37-26)23-12-30(39)32-19(6)27(38-34(23)32)15-29-21(9-2)17(4)25(36-29)14-28(20)35-24;;/h8,13-15,18,22H,1,9-12H2,2-7H3,(H-,35,36,37,38,39);1H;/q-1;;+3/p-2. The van der Waals surface area contributed by atoms with Crippen molar-refractivity contribution in [2.45, 2.75) is 60.3 Å². The summed E-state index contributed by atoms with van der Waals surface area (Å²) in [5.41, 5.74) is 12.8. The van der Waals surface area contributed by atoms with Gasteiger partial charge in [-0.15, -0.1) is 0 Å². The van der Waals surface area contributed by atoms with Crippen LogP contribution >= 0.6 is 8.58 Å². The van der Waals surface area contributed by atoms with Crippen LogP contribution in [0, 0.1) is 25.7 Å².